The van der Waals surface area contributed by atoms with E-state index in [4.69, 9.17) is 4.74 Å². The van der Waals surface area contributed by atoms with Crippen molar-refractivity contribution in [1.29, 1.82) is 0 Å². The van der Waals surface area contributed by atoms with Gasteiger partial charge in [-0.1, -0.05) is 50.2 Å². The van der Waals surface area contributed by atoms with Crippen LogP contribution < -0.4 is 10.9 Å². The lowest BCUT2D eigenvalue weighted by molar-refractivity contribution is -0.123. The number of ether oxygens (including phenoxy) is 1. The van der Waals surface area contributed by atoms with Gasteiger partial charge in [0.05, 0.1) is 5.56 Å². The van der Waals surface area contributed by atoms with Crippen molar-refractivity contribution in [3.8, 4) is 0 Å². The number of fused-ring (bicyclic) bond motifs is 1. The summed E-state index contributed by atoms with van der Waals surface area (Å²) in [7, 11) is 0. The third-order valence-electron chi connectivity index (χ3n) is 4.80. The van der Waals surface area contributed by atoms with Crippen LogP contribution in [0.25, 0.3) is 10.9 Å². The van der Waals surface area contributed by atoms with Crippen LogP contribution in [-0.4, -0.2) is 23.0 Å². The molecule has 150 valence electrons. The van der Waals surface area contributed by atoms with E-state index in [0.29, 0.717) is 10.9 Å². The highest BCUT2D eigenvalue weighted by molar-refractivity contribution is 6.04. The largest absolute Gasteiger partial charge is 0.449 e. The fourth-order valence-electron chi connectivity index (χ4n) is 3.22. The monoisotopic (exact) mass is 392 g/mol. The molecule has 0 fully saturated rings. The number of anilines is 1. The SMILES string of the molecule is Cc1cccc(C(C)C)c1NC(=O)[C@@H](C)OC(=O)c1cc(=O)[nH]c2ccccc12. The number of hydrogen-bond acceptors (Lipinski definition) is 4. The van der Waals surface area contributed by atoms with Crippen molar-refractivity contribution in [3.05, 3.63) is 75.6 Å². The van der Waals surface area contributed by atoms with Gasteiger partial charge >= 0.3 is 5.97 Å². The number of rotatable bonds is 5. The molecular formula is C23H24N2O4. The summed E-state index contributed by atoms with van der Waals surface area (Å²) in [5, 5.41) is 3.44. The Hall–Kier alpha value is -3.41. The first kappa shape index (κ1) is 20.3. The van der Waals surface area contributed by atoms with Crippen molar-refractivity contribution >= 4 is 28.5 Å². The summed E-state index contributed by atoms with van der Waals surface area (Å²) in [6, 6.07) is 14.0. The summed E-state index contributed by atoms with van der Waals surface area (Å²) in [4.78, 5) is 39.9. The average molecular weight is 392 g/mol. The van der Waals surface area contributed by atoms with Gasteiger partial charge in [-0.15, -0.1) is 0 Å². The molecule has 0 saturated carbocycles. The van der Waals surface area contributed by atoms with Gasteiger partial charge in [0.25, 0.3) is 5.91 Å². The van der Waals surface area contributed by atoms with Crippen LogP contribution in [0.3, 0.4) is 0 Å². The molecule has 0 unspecified atom stereocenters. The highest BCUT2D eigenvalue weighted by Crippen LogP contribution is 2.27. The molecule has 0 spiro atoms. The number of hydrogen-bond donors (Lipinski definition) is 2. The van der Waals surface area contributed by atoms with E-state index in [0.717, 1.165) is 16.8 Å². The molecule has 3 rings (SSSR count). The molecule has 1 atom stereocenters. The minimum absolute atomic E-state index is 0.128. The van der Waals surface area contributed by atoms with E-state index >= 15 is 0 Å². The van der Waals surface area contributed by atoms with Crippen molar-refractivity contribution in [3.63, 3.8) is 0 Å². The number of aryl methyl sites for hydroxylation is 1. The van der Waals surface area contributed by atoms with Crippen molar-refractivity contribution in [2.75, 3.05) is 5.32 Å². The number of carbonyl (C=O) groups excluding carboxylic acids is 2. The summed E-state index contributed by atoms with van der Waals surface area (Å²) < 4.78 is 5.37. The highest BCUT2D eigenvalue weighted by Gasteiger charge is 2.22. The van der Waals surface area contributed by atoms with Crippen LogP contribution in [0.1, 0.15) is 48.2 Å². The van der Waals surface area contributed by atoms with E-state index in [9.17, 15) is 14.4 Å². The fourth-order valence-corrected chi connectivity index (χ4v) is 3.22. The Balaban J connectivity index is 1.81. The maximum absolute atomic E-state index is 12.7. The predicted octanol–water partition coefficient (Wildman–Crippen LogP) is 4.14. The van der Waals surface area contributed by atoms with Gasteiger partial charge in [0, 0.05) is 22.7 Å². The number of nitrogens with one attached hydrogen (secondary N) is 2. The molecular weight excluding hydrogens is 368 g/mol. The van der Waals surface area contributed by atoms with E-state index in [1.807, 2.05) is 39.0 Å². The minimum atomic E-state index is -1.03. The number of aromatic nitrogens is 1. The molecule has 1 aromatic heterocycles. The summed E-state index contributed by atoms with van der Waals surface area (Å²) in [5.41, 5.74) is 2.93. The first-order valence-electron chi connectivity index (χ1n) is 9.51. The molecule has 0 bridgehead atoms. The Morgan fingerprint density at radius 2 is 1.76 bits per heavy atom. The van der Waals surface area contributed by atoms with E-state index < -0.39 is 23.5 Å². The number of H-pyrrole nitrogens is 1. The van der Waals surface area contributed by atoms with Gasteiger partial charge in [-0.3, -0.25) is 9.59 Å². The second kappa shape index (κ2) is 8.31. The van der Waals surface area contributed by atoms with Crippen molar-refractivity contribution in [1.82, 2.24) is 4.98 Å². The van der Waals surface area contributed by atoms with Gasteiger partial charge < -0.3 is 15.0 Å². The maximum atomic E-state index is 12.7. The zero-order valence-corrected chi connectivity index (χ0v) is 16.9. The number of amides is 1. The lowest BCUT2D eigenvalue weighted by Gasteiger charge is -2.19. The van der Waals surface area contributed by atoms with Crippen LogP contribution in [-0.2, 0) is 9.53 Å². The molecule has 29 heavy (non-hydrogen) atoms. The van der Waals surface area contributed by atoms with Crippen molar-refractivity contribution in [2.45, 2.75) is 39.7 Å². The second-order valence-corrected chi connectivity index (χ2v) is 7.32. The number of pyridine rings is 1. The average Bonchev–Trinajstić information content (AvgIpc) is 2.68. The van der Waals surface area contributed by atoms with Crippen LogP contribution in [0.15, 0.2) is 53.3 Å². The van der Waals surface area contributed by atoms with Crippen LogP contribution in [0.5, 0.6) is 0 Å². The number of para-hydroxylation sites is 2. The highest BCUT2D eigenvalue weighted by atomic mass is 16.5. The lowest BCUT2D eigenvalue weighted by Crippen LogP contribution is -2.31. The lowest BCUT2D eigenvalue weighted by atomic mass is 9.98. The van der Waals surface area contributed by atoms with Gasteiger partial charge in [0.1, 0.15) is 0 Å². The standard InChI is InChI=1S/C23H24N2O4/c1-13(2)16-10-7-8-14(3)21(16)25-22(27)15(4)29-23(28)18-12-20(26)24-19-11-6-5-9-17(18)19/h5-13,15H,1-4H3,(H,24,26)(H,25,27)/t15-/m1/s1. The molecule has 0 aliphatic carbocycles. The summed E-state index contributed by atoms with van der Waals surface area (Å²) >= 11 is 0. The third kappa shape index (κ3) is 4.37. The summed E-state index contributed by atoms with van der Waals surface area (Å²) in [5.74, 6) is -0.919. The van der Waals surface area contributed by atoms with Crippen LogP contribution >= 0.6 is 0 Å². The number of carbonyl (C=O) groups is 2. The second-order valence-electron chi connectivity index (χ2n) is 7.32. The number of esters is 1. The van der Waals surface area contributed by atoms with Crippen LogP contribution in [0, 0.1) is 6.92 Å². The summed E-state index contributed by atoms with van der Waals surface area (Å²) in [6.07, 6.45) is -1.03. The molecule has 1 heterocycles. The van der Waals surface area contributed by atoms with Crippen LogP contribution in [0.2, 0.25) is 0 Å². The Bertz CT molecular complexity index is 1130. The first-order valence-corrected chi connectivity index (χ1v) is 9.51. The van der Waals surface area contributed by atoms with Gasteiger partial charge in [-0.05, 0) is 37.0 Å². The molecule has 0 aliphatic heterocycles. The minimum Gasteiger partial charge on any atom is -0.449 e. The van der Waals surface area contributed by atoms with E-state index in [1.54, 1.807) is 24.3 Å². The fraction of sp³-hybridized carbons (Fsp3) is 0.261. The Morgan fingerprint density at radius 1 is 1.03 bits per heavy atom. The third-order valence-corrected chi connectivity index (χ3v) is 4.80. The number of aromatic amines is 1. The Kier molecular flexibility index (Phi) is 5.82. The summed E-state index contributed by atoms with van der Waals surface area (Å²) in [6.45, 7) is 7.52. The molecule has 0 saturated heterocycles. The van der Waals surface area contributed by atoms with Gasteiger partial charge in [-0.25, -0.2) is 4.79 Å². The van der Waals surface area contributed by atoms with Gasteiger partial charge in [0.2, 0.25) is 5.56 Å². The normalized spacial score (nSPS) is 12.0. The predicted molar refractivity (Wildman–Crippen MR) is 113 cm³/mol. The zero-order valence-electron chi connectivity index (χ0n) is 16.9. The first-order chi connectivity index (χ1) is 13.8. The van der Waals surface area contributed by atoms with Crippen LogP contribution in [0.4, 0.5) is 5.69 Å². The zero-order chi connectivity index (χ0) is 21.1. The number of benzene rings is 2. The maximum Gasteiger partial charge on any atom is 0.339 e. The quantitative estimate of drug-likeness (QED) is 0.639. The molecule has 1 amide bonds. The smallest absolute Gasteiger partial charge is 0.339 e. The Labute approximate surface area is 168 Å². The molecule has 2 aromatic carbocycles. The van der Waals surface area contributed by atoms with Crippen molar-refractivity contribution in [2.24, 2.45) is 0 Å². The Morgan fingerprint density at radius 3 is 2.48 bits per heavy atom. The topological polar surface area (TPSA) is 88.3 Å². The molecule has 3 aromatic rings. The van der Waals surface area contributed by atoms with E-state index in [1.165, 1.54) is 13.0 Å². The molecule has 6 heteroatoms. The molecule has 0 aliphatic rings. The van der Waals surface area contributed by atoms with Crippen molar-refractivity contribution < 1.29 is 14.3 Å². The van der Waals surface area contributed by atoms with E-state index in [2.05, 4.69) is 10.3 Å². The van der Waals surface area contributed by atoms with Gasteiger partial charge in [0.15, 0.2) is 6.10 Å². The molecule has 2 N–H and O–H groups in total. The van der Waals surface area contributed by atoms with Gasteiger partial charge in [-0.2, -0.15) is 0 Å². The molecule has 6 nitrogen and oxygen atoms in total. The van der Waals surface area contributed by atoms with E-state index in [-0.39, 0.29) is 11.5 Å². The molecule has 0 radical (unpaired) electrons.